The van der Waals surface area contributed by atoms with Gasteiger partial charge in [-0.3, -0.25) is 0 Å². The number of hydrogen-bond acceptors (Lipinski definition) is 3. The Kier molecular flexibility index (Phi) is 3.43. The first-order valence-corrected chi connectivity index (χ1v) is 5.70. The molecule has 1 aromatic carbocycles. The largest absolute Gasteiger partial charge is 0.396 e. The molecule has 0 amide bonds. The zero-order valence-electron chi connectivity index (χ0n) is 9.26. The van der Waals surface area contributed by atoms with Crippen molar-refractivity contribution in [2.45, 2.75) is 12.8 Å². The van der Waals surface area contributed by atoms with Crippen LogP contribution in [0, 0.1) is 17.2 Å². The van der Waals surface area contributed by atoms with Crippen LogP contribution in [0.25, 0.3) is 0 Å². The van der Waals surface area contributed by atoms with Gasteiger partial charge in [0.2, 0.25) is 0 Å². The van der Waals surface area contributed by atoms with Crippen LogP contribution >= 0.6 is 0 Å². The average molecular weight is 216 g/mol. The molecule has 1 heterocycles. The number of rotatable bonds is 2. The molecule has 2 rings (SSSR count). The lowest BCUT2D eigenvalue weighted by Gasteiger charge is -2.34. The summed E-state index contributed by atoms with van der Waals surface area (Å²) in [4.78, 5) is 2.21. The number of aliphatic hydroxyl groups is 1. The Labute approximate surface area is 95.9 Å². The fourth-order valence-electron chi connectivity index (χ4n) is 2.28. The van der Waals surface area contributed by atoms with Gasteiger partial charge in [0.25, 0.3) is 0 Å². The zero-order valence-corrected chi connectivity index (χ0v) is 9.26. The van der Waals surface area contributed by atoms with Gasteiger partial charge in [0, 0.05) is 19.7 Å². The zero-order chi connectivity index (χ0) is 11.4. The van der Waals surface area contributed by atoms with Crippen molar-refractivity contribution in [2.24, 2.45) is 5.92 Å². The molecular formula is C13H16N2O. The van der Waals surface area contributed by atoms with Gasteiger partial charge < -0.3 is 10.0 Å². The van der Waals surface area contributed by atoms with Gasteiger partial charge in [0.15, 0.2) is 0 Å². The molecule has 1 fully saturated rings. The summed E-state index contributed by atoms with van der Waals surface area (Å²) in [5.74, 6) is 0.348. The SMILES string of the molecule is N#Cc1ccccc1N1CCCC(CO)C1. The second-order valence-electron chi connectivity index (χ2n) is 4.27. The van der Waals surface area contributed by atoms with E-state index in [0.29, 0.717) is 5.92 Å². The number of nitrogens with zero attached hydrogens (tertiary/aromatic N) is 2. The molecule has 1 N–H and O–H groups in total. The Bertz CT molecular complexity index is 397. The highest BCUT2D eigenvalue weighted by Gasteiger charge is 2.20. The van der Waals surface area contributed by atoms with Gasteiger partial charge in [-0.15, -0.1) is 0 Å². The van der Waals surface area contributed by atoms with Gasteiger partial charge >= 0.3 is 0 Å². The van der Waals surface area contributed by atoms with Crippen LogP contribution in [0.2, 0.25) is 0 Å². The molecule has 0 aromatic heterocycles. The number of para-hydroxylation sites is 1. The molecule has 1 aromatic rings. The summed E-state index contributed by atoms with van der Waals surface area (Å²) in [6.45, 7) is 2.08. The summed E-state index contributed by atoms with van der Waals surface area (Å²) in [6, 6.07) is 9.89. The topological polar surface area (TPSA) is 47.3 Å². The molecule has 1 aliphatic rings. The Morgan fingerprint density at radius 1 is 1.44 bits per heavy atom. The van der Waals surface area contributed by atoms with Crippen LogP contribution < -0.4 is 4.90 Å². The van der Waals surface area contributed by atoms with Gasteiger partial charge in [0.05, 0.1) is 11.3 Å². The number of hydrogen-bond donors (Lipinski definition) is 1. The predicted molar refractivity (Wildman–Crippen MR) is 63.2 cm³/mol. The van der Waals surface area contributed by atoms with E-state index in [0.717, 1.165) is 37.2 Å². The monoisotopic (exact) mass is 216 g/mol. The number of aliphatic hydroxyl groups excluding tert-OH is 1. The van der Waals surface area contributed by atoms with E-state index in [1.54, 1.807) is 0 Å². The van der Waals surface area contributed by atoms with Crippen LogP contribution in [-0.4, -0.2) is 24.8 Å². The van der Waals surface area contributed by atoms with Crippen LogP contribution in [0.15, 0.2) is 24.3 Å². The first-order valence-electron chi connectivity index (χ1n) is 5.70. The molecule has 0 spiro atoms. The third-order valence-electron chi connectivity index (χ3n) is 3.14. The predicted octanol–water partition coefficient (Wildman–Crippen LogP) is 1.77. The molecule has 1 aliphatic heterocycles. The Morgan fingerprint density at radius 2 is 2.25 bits per heavy atom. The lowest BCUT2D eigenvalue weighted by molar-refractivity contribution is 0.208. The molecule has 16 heavy (non-hydrogen) atoms. The van der Waals surface area contributed by atoms with Gasteiger partial charge in [-0.25, -0.2) is 0 Å². The molecule has 0 radical (unpaired) electrons. The first kappa shape index (κ1) is 11.0. The van der Waals surface area contributed by atoms with Gasteiger partial charge in [-0.2, -0.15) is 5.26 Å². The summed E-state index contributed by atoms with van der Waals surface area (Å²) in [6.07, 6.45) is 2.17. The fourth-order valence-corrected chi connectivity index (χ4v) is 2.28. The maximum atomic E-state index is 9.19. The highest BCUT2D eigenvalue weighted by atomic mass is 16.3. The lowest BCUT2D eigenvalue weighted by atomic mass is 9.98. The van der Waals surface area contributed by atoms with Crippen molar-refractivity contribution in [1.29, 1.82) is 5.26 Å². The van der Waals surface area contributed by atoms with E-state index in [-0.39, 0.29) is 6.61 Å². The van der Waals surface area contributed by atoms with Crippen molar-refractivity contribution in [3.05, 3.63) is 29.8 Å². The van der Waals surface area contributed by atoms with Crippen molar-refractivity contribution < 1.29 is 5.11 Å². The highest BCUT2D eigenvalue weighted by Crippen LogP contribution is 2.25. The number of anilines is 1. The van der Waals surface area contributed by atoms with Crippen LogP contribution in [0.5, 0.6) is 0 Å². The third kappa shape index (κ3) is 2.17. The summed E-state index contributed by atoms with van der Waals surface area (Å²) >= 11 is 0. The van der Waals surface area contributed by atoms with Crippen molar-refractivity contribution in [3.63, 3.8) is 0 Å². The second-order valence-corrected chi connectivity index (χ2v) is 4.27. The minimum atomic E-state index is 0.241. The number of piperidine rings is 1. The van der Waals surface area contributed by atoms with Crippen molar-refractivity contribution in [1.82, 2.24) is 0 Å². The standard InChI is InChI=1S/C13H16N2O/c14-8-12-5-1-2-6-13(12)15-7-3-4-11(9-15)10-16/h1-2,5-6,11,16H,3-4,7,9-10H2. The fraction of sp³-hybridized carbons (Fsp3) is 0.462. The van der Waals surface area contributed by atoms with E-state index in [4.69, 9.17) is 5.26 Å². The summed E-state index contributed by atoms with van der Waals surface area (Å²) < 4.78 is 0. The Balaban J connectivity index is 2.20. The van der Waals surface area contributed by atoms with Gasteiger partial charge in [-0.1, -0.05) is 12.1 Å². The first-order chi connectivity index (χ1) is 7.85. The van der Waals surface area contributed by atoms with Crippen LogP contribution in [0.4, 0.5) is 5.69 Å². The van der Waals surface area contributed by atoms with Crippen LogP contribution in [-0.2, 0) is 0 Å². The highest BCUT2D eigenvalue weighted by molar-refractivity contribution is 5.59. The van der Waals surface area contributed by atoms with Crippen LogP contribution in [0.3, 0.4) is 0 Å². The summed E-state index contributed by atoms with van der Waals surface area (Å²) in [5, 5.41) is 18.2. The van der Waals surface area contributed by atoms with E-state index in [1.165, 1.54) is 0 Å². The van der Waals surface area contributed by atoms with Gasteiger partial charge in [-0.05, 0) is 30.9 Å². The van der Waals surface area contributed by atoms with Gasteiger partial charge in [0.1, 0.15) is 6.07 Å². The minimum Gasteiger partial charge on any atom is -0.396 e. The summed E-state index contributed by atoms with van der Waals surface area (Å²) in [5.41, 5.74) is 1.73. The molecule has 1 saturated heterocycles. The molecule has 3 heteroatoms. The smallest absolute Gasteiger partial charge is 0.101 e. The van der Waals surface area contributed by atoms with E-state index < -0.39 is 0 Å². The molecular weight excluding hydrogens is 200 g/mol. The Hall–Kier alpha value is -1.53. The lowest BCUT2D eigenvalue weighted by Crippen LogP contribution is -2.37. The maximum absolute atomic E-state index is 9.19. The molecule has 1 unspecified atom stereocenters. The Morgan fingerprint density at radius 3 is 3.00 bits per heavy atom. The maximum Gasteiger partial charge on any atom is 0.101 e. The third-order valence-corrected chi connectivity index (χ3v) is 3.14. The molecule has 3 nitrogen and oxygen atoms in total. The molecule has 84 valence electrons. The van der Waals surface area contributed by atoms with Crippen molar-refractivity contribution in [2.75, 3.05) is 24.6 Å². The molecule has 1 atom stereocenters. The van der Waals surface area contributed by atoms with E-state index in [2.05, 4.69) is 11.0 Å². The average Bonchev–Trinajstić information content (AvgIpc) is 2.38. The van der Waals surface area contributed by atoms with E-state index in [1.807, 2.05) is 24.3 Å². The van der Waals surface area contributed by atoms with Crippen molar-refractivity contribution in [3.8, 4) is 6.07 Å². The van der Waals surface area contributed by atoms with Crippen LogP contribution in [0.1, 0.15) is 18.4 Å². The molecule has 0 aliphatic carbocycles. The quantitative estimate of drug-likeness (QED) is 0.819. The normalized spacial score (nSPS) is 20.5. The molecule has 0 bridgehead atoms. The molecule has 0 saturated carbocycles. The summed E-state index contributed by atoms with van der Waals surface area (Å²) in [7, 11) is 0. The second kappa shape index (κ2) is 5.00. The number of benzene rings is 1. The van der Waals surface area contributed by atoms with Crippen molar-refractivity contribution >= 4 is 5.69 Å². The minimum absolute atomic E-state index is 0.241. The van der Waals surface area contributed by atoms with E-state index in [9.17, 15) is 5.11 Å². The van der Waals surface area contributed by atoms with E-state index >= 15 is 0 Å². The number of nitriles is 1.